The van der Waals surface area contributed by atoms with E-state index in [-0.39, 0.29) is 0 Å². The van der Waals surface area contributed by atoms with Gasteiger partial charge >= 0.3 is 0 Å². The zero-order valence-electron chi connectivity index (χ0n) is 31.0. The van der Waals surface area contributed by atoms with Gasteiger partial charge in [0.15, 0.2) is 0 Å². The zero-order valence-corrected chi connectivity index (χ0v) is 31.0. The standard InChI is InChI=1S/C40H82/c1-28(2)16-31(7)19-34(10)21-35(11)22-36(12)23-37(13)24-39(15)27-40(25-33(9)18-30(5)6)26-38(14)20-32(8)17-29(3)4/h28-40H,16-27H2,1-15H3. The smallest absolute Gasteiger partial charge is 0.0407 e. The van der Waals surface area contributed by atoms with Crippen molar-refractivity contribution in [1.29, 1.82) is 0 Å². The summed E-state index contributed by atoms with van der Waals surface area (Å²) in [6, 6.07) is 0. The molecule has 0 aromatic rings. The summed E-state index contributed by atoms with van der Waals surface area (Å²) < 4.78 is 0. The van der Waals surface area contributed by atoms with Gasteiger partial charge in [-0.25, -0.2) is 0 Å². The summed E-state index contributed by atoms with van der Waals surface area (Å²) in [7, 11) is 0. The Labute approximate surface area is 257 Å². The summed E-state index contributed by atoms with van der Waals surface area (Å²) in [5.74, 6) is 11.2. The minimum atomic E-state index is 0.826. The van der Waals surface area contributed by atoms with Crippen LogP contribution in [0.3, 0.4) is 0 Å². The lowest BCUT2D eigenvalue weighted by Crippen LogP contribution is -2.18. The Kier molecular flexibility index (Phi) is 21.7. The van der Waals surface area contributed by atoms with Crippen LogP contribution < -0.4 is 0 Å². The third-order valence-corrected chi connectivity index (χ3v) is 9.66. The highest BCUT2D eigenvalue weighted by molar-refractivity contribution is 4.75. The van der Waals surface area contributed by atoms with Gasteiger partial charge in [0.05, 0.1) is 0 Å². The highest BCUT2D eigenvalue weighted by Gasteiger charge is 2.23. The minimum Gasteiger partial charge on any atom is -0.0628 e. The molecule has 0 spiro atoms. The van der Waals surface area contributed by atoms with Crippen LogP contribution in [-0.2, 0) is 0 Å². The Morgan fingerprint density at radius 1 is 0.200 bits per heavy atom. The van der Waals surface area contributed by atoms with Gasteiger partial charge in [-0.3, -0.25) is 0 Å². The summed E-state index contributed by atoms with van der Waals surface area (Å²) in [5.41, 5.74) is 0. The van der Waals surface area contributed by atoms with Gasteiger partial charge in [-0.15, -0.1) is 0 Å². The molecule has 0 bridgehead atoms. The van der Waals surface area contributed by atoms with Gasteiger partial charge in [0, 0.05) is 0 Å². The molecule has 0 aliphatic carbocycles. The van der Waals surface area contributed by atoms with Crippen LogP contribution >= 0.6 is 0 Å². The second kappa shape index (κ2) is 21.7. The highest BCUT2D eigenvalue weighted by atomic mass is 14.3. The third kappa shape index (κ3) is 22.6. The van der Waals surface area contributed by atoms with E-state index in [1.54, 1.807) is 0 Å². The van der Waals surface area contributed by atoms with Crippen molar-refractivity contribution >= 4 is 0 Å². The van der Waals surface area contributed by atoms with Gasteiger partial charge in [0.25, 0.3) is 0 Å². The summed E-state index contributed by atoms with van der Waals surface area (Å²) in [6.45, 7) is 37.1. The molecule has 0 nitrogen and oxygen atoms in total. The van der Waals surface area contributed by atoms with Crippen molar-refractivity contribution in [3.05, 3.63) is 0 Å². The average molecular weight is 563 g/mol. The Balaban J connectivity index is 4.78. The maximum Gasteiger partial charge on any atom is -0.0407 e. The van der Waals surface area contributed by atoms with Gasteiger partial charge in [0.2, 0.25) is 0 Å². The van der Waals surface area contributed by atoms with E-state index in [9.17, 15) is 0 Å². The first-order valence-electron chi connectivity index (χ1n) is 18.5. The van der Waals surface area contributed by atoms with Crippen molar-refractivity contribution < 1.29 is 0 Å². The predicted molar refractivity (Wildman–Crippen MR) is 186 cm³/mol. The van der Waals surface area contributed by atoms with Crippen LogP contribution in [0, 0.1) is 76.9 Å². The van der Waals surface area contributed by atoms with Gasteiger partial charge < -0.3 is 0 Å². The molecule has 0 heterocycles. The van der Waals surface area contributed by atoms with Crippen LogP contribution in [0.4, 0.5) is 0 Å². The minimum absolute atomic E-state index is 0.826. The maximum atomic E-state index is 2.58. The lowest BCUT2D eigenvalue weighted by atomic mass is 9.76. The van der Waals surface area contributed by atoms with E-state index < -0.39 is 0 Å². The van der Waals surface area contributed by atoms with Gasteiger partial charge in [-0.1, -0.05) is 104 Å². The summed E-state index contributed by atoms with van der Waals surface area (Å²) >= 11 is 0. The fourth-order valence-corrected chi connectivity index (χ4v) is 9.40. The molecule has 0 aromatic heterocycles. The normalized spacial score (nSPS) is 20.2. The summed E-state index contributed by atoms with van der Waals surface area (Å²) in [6.07, 6.45) is 17.0. The van der Waals surface area contributed by atoms with E-state index in [4.69, 9.17) is 0 Å². The Morgan fingerprint density at radius 3 is 0.550 bits per heavy atom. The molecule has 10 unspecified atom stereocenters. The van der Waals surface area contributed by atoms with E-state index in [0.717, 1.165) is 76.9 Å². The molecule has 10 atom stereocenters. The Hall–Kier alpha value is 0. The van der Waals surface area contributed by atoms with E-state index in [2.05, 4.69) is 104 Å². The molecular formula is C40H82. The highest BCUT2D eigenvalue weighted by Crippen LogP contribution is 2.35. The van der Waals surface area contributed by atoms with E-state index in [1.807, 2.05) is 0 Å². The van der Waals surface area contributed by atoms with Crippen molar-refractivity contribution in [1.82, 2.24) is 0 Å². The molecule has 0 rings (SSSR count). The molecule has 0 N–H and O–H groups in total. The summed E-state index contributed by atoms with van der Waals surface area (Å²) in [4.78, 5) is 0. The van der Waals surface area contributed by atoms with Crippen LogP contribution in [0.2, 0.25) is 0 Å². The van der Waals surface area contributed by atoms with E-state index in [0.29, 0.717) is 0 Å². The van der Waals surface area contributed by atoms with Crippen molar-refractivity contribution in [3.8, 4) is 0 Å². The second-order valence-corrected chi connectivity index (χ2v) is 17.8. The molecule has 0 amide bonds. The van der Waals surface area contributed by atoms with Crippen LogP contribution in [0.15, 0.2) is 0 Å². The molecule has 0 radical (unpaired) electrons. The maximum absolute atomic E-state index is 2.58. The second-order valence-electron chi connectivity index (χ2n) is 17.8. The Bertz CT molecular complexity index is 573. The van der Waals surface area contributed by atoms with Crippen molar-refractivity contribution in [2.24, 2.45) is 76.9 Å². The topological polar surface area (TPSA) is 0 Å². The SMILES string of the molecule is CC(C)CC(C)CC(C)CC(C)CC(C)CC(C)CC(C)CC(CC(C)CC(C)C)CC(C)CC(C)CC(C)C. The first kappa shape index (κ1) is 40.0. The molecule has 0 fully saturated rings. The molecule has 0 saturated heterocycles. The van der Waals surface area contributed by atoms with E-state index >= 15 is 0 Å². The first-order valence-corrected chi connectivity index (χ1v) is 18.5. The molecule has 242 valence electrons. The number of rotatable bonds is 24. The lowest BCUT2D eigenvalue weighted by molar-refractivity contribution is 0.217. The molecule has 0 aromatic carbocycles. The number of hydrogen-bond acceptors (Lipinski definition) is 0. The van der Waals surface area contributed by atoms with Crippen LogP contribution in [0.1, 0.15) is 181 Å². The van der Waals surface area contributed by atoms with Gasteiger partial charge in [-0.2, -0.15) is 0 Å². The van der Waals surface area contributed by atoms with Crippen LogP contribution in [-0.4, -0.2) is 0 Å². The first-order chi connectivity index (χ1) is 18.5. The molecule has 0 aliphatic heterocycles. The zero-order chi connectivity index (χ0) is 31.0. The third-order valence-electron chi connectivity index (χ3n) is 9.66. The molecule has 40 heavy (non-hydrogen) atoms. The number of hydrogen-bond donors (Lipinski definition) is 0. The van der Waals surface area contributed by atoms with Crippen LogP contribution in [0.25, 0.3) is 0 Å². The van der Waals surface area contributed by atoms with Crippen molar-refractivity contribution in [2.45, 2.75) is 181 Å². The van der Waals surface area contributed by atoms with Crippen molar-refractivity contribution in [3.63, 3.8) is 0 Å². The fourth-order valence-electron chi connectivity index (χ4n) is 9.40. The van der Waals surface area contributed by atoms with Crippen LogP contribution in [0.5, 0.6) is 0 Å². The lowest BCUT2D eigenvalue weighted by Gasteiger charge is -2.30. The summed E-state index contributed by atoms with van der Waals surface area (Å²) in [5, 5.41) is 0. The average Bonchev–Trinajstić information content (AvgIpc) is 2.70. The molecule has 0 heteroatoms. The monoisotopic (exact) mass is 563 g/mol. The molecule has 0 saturated carbocycles. The Morgan fingerprint density at radius 2 is 0.350 bits per heavy atom. The van der Waals surface area contributed by atoms with Crippen molar-refractivity contribution in [2.75, 3.05) is 0 Å². The van der Waals surface area contributed by atoms with E-state index in [1.165, 1.54) is 77.0 Å². The fraction of sp³-hybridized carbons (Fsp3) is 1.00. The van der Waals surface area contributed by atoms with Gasteiger partial charge in [0.1, 0.15) is 0 Å². The quantitative estimate of drug-likeness (QED) is 0.110. The largest absolute Gasteiger partial charge is 0.0628 e. The molecule has 0 aliphatic rings. The molecular weight excluding hydrogens is 480 g/mol. The van der Waals surface area contributed by atoms with Gasteiger partial charge in [-0.05, 0) is 154 Å². The predicted octanol–water partition coefficient (Wildman–Crippen LogP) is 14.0.